The average Bonchev–Trinajstić information content (AvgIpc) is 3.48. The van der Waals surface area contributed by atoms with Gasteiger partial charge in [-0.3, -0.25) is 14.7 Å². The van der Waals surface area contributed by atoms with Crippen molar-refractivity contribution in [2.75, 3.05) is 0 Å². The molecule has 226 valence electrons. The van der Waals surface area contributed by atoms with Crippen LogP contribution in [0.4, 0.5) is 10.1 Å². The predicted octanol–water partition coefficient (Wildman–Crippen LogP) is 7.02. The summed E-state index contributed by atoms with van der Waals surface area (Å²) < 4.78 is 46.2. The lowest BCUT2D eigenvalue weighted by molar-refractivity contribution is -0.384. The minimum absolute atomic E-state index is 0.0913. The molecule has 0 radical (unpaired) electrons. The smallest absolute Gasteiger partial charge is 0.269 e. The first-order chi connectivity index (χ1) is 21.8. The van der Waals surface area contributed by atoms with E-state index in [0.717, 1.165) is 16.5 Å². The van der Waals surface area contributed by atoms with Gasteiger partial charge in [0.15, 0.2) is 11.0 Å². The number of fused-ring (bicyclic) bond motifs is 1. The van der Waals surface area contributed by atoms with Crippen LogP contribution in [0.3, 0.4) is 0 Å². The number of hydrogen-bond donors (Lipinski definition) is 1. The number of benzene rings is 5. The van der Waals surface area contributed by atoms with Gasteiger partial charge in [0.05, 0.1) is 15.9 Å². The van der Waals surface area contributed by atoms with Gasteiger partial charge in [0.1, 0.15) is 5.82 Å². The Hall–Kier alpha value is -4.91. The number of aromatic nitrogens is 3. The summed E-state index contributed by atoms with van der Waals surface area (Å²) in [4.78, 5) is 11.0. The molecule has 0 spiro atoms. The van der Waals surface area contributed by atoms with E-state index in [4.69, 9.17) is 0 Å². The molecule has 9 nitrogen and oxygen atoms in total. The predicted molar refractivity (Wildman–Crippen MR) is 171 cm³/mol. The second kappa shape index (κ2) is 13.0. The third-order valence-corrected chi connectivity index (χ3v) is 9.72. The summed E-state index contributed by atoms with van der Waals surface area (Å²) in [6, 6.07) is 32.9. The highest BCUT2D eigenvalue weighted by molar-refractivity contribution is 7.98. The number of nitro groups is 1. The molecule has 0 saturated heterocycles. The maximum absolute atomic E-state index is 14.1. The van der Waals surface area contributed by atoms with Crippen LogP contribution in [-0.4, -0.2) is 28.1 Å². The number of nitro benzene ring substituents is 1. The number of sulfonamides is 1. The van der Waals surface area contributed by atoms with Crippen LogP contribution in [0.5, 0.6) is 0 Å². The van der Waals surface area contributed by atoms with Gasteiger partial charge >= 0.3 is 0 Å². The van der Waals surface area contributed by atoms with E-state index in [1.54, 1.807) is 53.1 Å². The molecule has 0 aliphatic rings. The van der Waals surface area contributed by atoms with Crippen molar-refractivity contribution in [2.24, 2.45) is 0 Å². The van der Waals surface area contributed by atoms with Crippen LogP contribution >= 0.6 is 11.8 Å². The van der Waals surface area contributed by atoms with Crippen LogP contribution in [0.15, 0.2) is 131 Å². The van der Waals surface area contributed by atoms with Crippen molar-refractivity contribution < 1.29 is 17.7 Å². The second-order valence-electron chi connectivity index (χ2n) is 10.2. The van der Waals surface area contributed by atoms with Crippen LogP contribution in [0.1, 0.15) is 23.0 Å². The first kappa shape index (κ1) is 30.1. The Labute approximate surface area is 263 Å². The molecule has 1 heterocycles. The van der Waals surface area contributed by atoms with Crippen molar-refractivity contribution in [3.05, 3.63) is 154 Å². The summed E-state index contributed by atoms with van der Waals surface area (Å²) >= 11 is 1.33. The molecule has 45 heavy (non-hydrogen) atoms. The Morgan fingerprint density at radius 1 is 0.822 bits per heavy atom. The number of nitrogens with zero attached hydrogens (tertiary/aromatic N) is 4. The highest BCUT2D eigenvalue weighted by Gasteiger charge is 2.29. The van der Waals surface area contributed by atoms with E-state index >= 15 is 0 Å². The van der Waals surface area contributed by atoms with Gasteiger partial charge in [0.2, 0.25) is 10.0 Å². The molecule has 1 N–H and O–H groups in total. The van der Waals surface area contributed by atoms with Crippen molar-refractivity contribution in [2.45, 2.75) is 28.3 Å². The maximum atomic E-state index is 14.1. The lowest BCUT2D eigenvalue weighted by Gasteiger charge is -2.21. The minimum Gasteiger partial charge on any atom is -0.273 e. The molecule has 0 amide bonds. The Balaban J connectivity index is 1.45. The summed E-state index contributed by atoms with van der Waals surface area (Å²) in [5, 5.41) is 22.1. The fourth-order valence-corrected chi connectivity index (χ4v) is 7.35. The van der Waals surface area contributed by atoms with Gasteiger partial charge in [-0.1, -0.05) is 90.6 Å². The Bertz CT molecular complexity index is 2070. The van der Waals surface area contributed by atoms with Crippen LogP contribution in [-0.2, 0) is 22.2 Å². The van der Waals surface area contributed by atoms with E-state index in [-0.39, 0.29) is 22.8 Å². The molecule has 0 aliphatic carbocycles. The van der Waals surface area contributed by atoms with Gasteiger partial charge in [-0.2, -0.15) is 0 Å². The quantitative estimate of drug-likeness (QED) is 0.0919. The average molecular weight is 640 g/mol. The molecule has 0 aliphatic heterocycles. The molecule has 0 bridgehead atoms. The number of rotatable bonds is 11. The van der Waals surface area contributed by atoms with Crippen molar-refractivity contribution in [3.63, 3.8) is 0 Å². The standard InChI is InChI=1S/C33H26FN5O4S2/c34-26-15-13-24(14-16-26)22-44-33-36-35-32(38(33)27-17-19-28(20-18-27)39(40)41)30(21-23-7-2-1-3-8-23)37-45(42,43)31-12-6-10-25-9-4-5-11-29(25)31/h1-20,30,37H,21-22H2. The van der Waals surface area contributed by atoms with Crippen LogP contribution in [0.2, 0.25) is 0 Å². The zero-order chi connectivity index (χ0) is 31.4. The summed E-state index contributed by atoms with van der Waals surface area (Å²) in [7, 11) is -4.08. The summed E-state index contributed by atoms with van der Waals surface area (Å²) in [5.74, 6) is 0.386. The third kappa shape index (κ3) is 6.78. The van der Waals surface area contributed by atoms with Gasteiger partial charge in [-0.15, -0.1) is 10.2 Å². The van der Waals surface area contributed by atoms with Crippen molar-refractivity contribution in [1.29, 1.82) is 0 Å². The van der Waals surface area contributed by atoms with Gasteiger partial charge < -0.3 is 0 Å². The normalized spacial score (nSPS) is 12.3. The molecule has 0 saturated carbocycles. The lowest BCUT2D eigenvalue weighted by Crippen LogP contribution is -2.32. The van der Waals surface area contributed by atoms with E-state index in [0.29, 0.717) is 27.8 Å². The molecule has 6 rings (SSSR count). The Morgan fingerprint density at radius 2 is 1.51 bits per heavy atom. The van der Waals surface area contributed by atoms with E-state index in [2.05, 4.69) is 14.9 Å². The zero-order valence-electron chi connectivity index (χ0n) is 23.7. The molecule has 1 unspecified atom stereocenters. The summed E-state index contributed by atoms with van der Waals surface area (Å²) in [6.45, 7) is 0. The van der Waals surface area contributed by atoms with E-state index in [1.807, 2.05) is 48.5 Å². The highest BCUT2D eigenvalue weighted by atomic mass is 32.2. The molecule has 6 aromatic rings. The van der Waals surface area contributed by atoms with Crippen LogP contribution < -0.4 is 4.72 Å². The van der Waals surface area contributed by atoms with Gasteiger partial charge in [-0.05, 0) is 53.3 Å². The minimum atomic E-state index is -4.08. The molecular weight excluding hydrogens is 614 g/mol. The molecular formula is C33H26FN5O4S2. The van der Waals surface area contributed by atoms with Gasteiger partial charge in [0.25, 0.3) is 5.69 Å². The molecule has 12 heteroatoms. The number of thioether (sulfide) groups is 1. The Kier molecular flexibility index (Phi) is 8.69. The molecule has 5 aromatic carbocycles. The van der Waals surface area contributed by atoms with Crippen LogP contribution in [0.25, 0.3) is 16.5 Å². The topological polar surface area (TPSA) is 120 Å². The van der Waals surface area contributed by atoms with Crippen molar-refractivity contribution in [1.82, 2.24) is 19.5 Å². The molecule has 0 fully saturated rings. The number of nitrogens with one attached hydrogen (secondary N) is 1. The lowest BCUT2D eigenvalue weighted by atomic mass is 10.1. The number of hydrogen-bond acceptors (Lipinski definition) is 7. The molecule has 1 atom stereocenters. The summed E-state index contributed by atoms with van der Waals surface area (Å²) in [5.41, 5.74) is 2.14. The van der Waals surface area contributed by atoms with Gasteiger partial charge in [0, 0.05) is 29.0 Å². The van der Waals surface area contributed by atoms with E-state index < -0.39 is 21.0 Å². The van der Waals surface area contributed by atoms with Crippen molar-refractivity contribution in [3.8, 4) is 5.69 Å². The SMILES string of the molecule is O=[N+]([O-])c1ccc(-n2c(SCc3ccc(F)cc3)nnc2C(Cc2ccccc2)NS(=O)(=O)c2cccc3ccccc23)cc1. The maximum Gasteiger partial charge on any atom is 0.269 e. The molecule has 1 aromatic heterocycles. The van der Waals surface area contributed by atoms with Crippen molar-refractivity contribution >= 4 is 38.2 Å². The first-order valence-electron chi connectivity index (χ1n) is 13.9. The fourth-order valence-electron chi connectivity index (χ4n) is 5.01. The summed E-state index contributed by atoms with van der Waals surface area (Å²) in [6.07, 6.45) is 0.249. The largest absolute Gasteiger partial charge is 0.273 e. The van der Waals surface area contributed by atoms with Crippen LogP contribution in [0, 0.1) is 15.9 Å². The van der Waals surface area contributed by atoms with E-state index in [1.165, 1.54) is 36.0 Å². The Morgan fingerprint density at radius 3 is 2.24 bits per heavy atom. The fraction of sp³-hybridized carbons (Fsp3) is 0.0909. The van der Waals surface area contributed by atoms with Gasteiger partial charge in [-0.25, -0.2) is 17.5 Å². The zero-order valence-corrected chi connectivity index (χ0v) is 25.3. The highest BCUT2D eigenvalue weighted by Crippen LogP contribution is 2.31. The monoisotopic (exact) mass is 639 g/mol. The number of non-ortho nitro benzene ring substituents is 1. The van der Waals surface area contributed by atoms with E-state index in [9.17, 15) is 22.9 Å². The third-order valence-electron chi connectivity index (χ3n) is 7.19. The second-order valence-corrected chi connectivity index (χ2v) is 12.8. The number of halogens is 1. The first-order valence-corrected chi connectivity index (χ1v) is 16.4.